The zero-order valence-corrected chi connectivity index (χ0v) is 12.4. The van der Waals surface area contributed by atoms with Crippen molar-refractivity contribution >= 4 is 27.5 Å². The summed E-state index contributed by atoms with van der Waals surface area (Å²) in [5.41, 5.74) is 1.56. The summed E-state index contributed by atoms with van der Waals surface area (Å²) >= 11 is 3.30. The van der Waals surface area contributed by atoms with E-state index in [1.165, 1.54) is 6.07 Å². The molecule has 20 heavy (non-hydrogen) atoms. The van der Waals surface area contributed by atoms with Gasteiger partial charge in [0.1, 0.15) is 11.5 Å². The Morgan fingerprint density at radius 2 is 1.80 bits per heavy atom. The summed E-state index contributed by atoms with van der Waals surface area (Å²) in [4.78, 5) is 12.0. The van der Waals surface area contributed by atoms with Crippen molar-refractivity contribution in [1.82, 2.24) is 0 Å². The van der Waals surface area contributed by atoms with E-state index in [0.717, 1.165) is 16.1 Å². The monoisotopic (exact) mass is 332 g/mol. The van der Waals surface area contributed by atoms with Crippen molar-refractivity contribution in [3.05, 3.63) is 69.7 Å². The topological polar surface area (TPSA) is 57.5 Å². The molecule has 0 radical (unpaired) electrons. The van der Waals surface area contributed by atoms with Gasteiger partial charge in [-0.2, -0.15) is 0 Å². The third-order valence-corrected chi connectivity index (χ3v) is 3.36. The number of carbonyl (C=O) groups is 1. The molecule has 0 heterocycles. The van der Waals surface area contributed by atoms with Crippen LogP contribution in [-0.4, -0.2) is 16.0 Å². The fraction of sp³-hybridized carbons (Fsp3) is 0.0625. The summed E-state index contributed by atoms with van der Waals surface area (Å²) in [6, 6.07) is 11.7. The van der Waals surface area contributed by atoms with Gasteiger partial charge in [-0.3, -0.25) is 4.79 Å². The first-order valence-electron chi connectivity index (χ1n) is 5.98. The van der Waals surface area contributed by atoms with E-state index in [2.05, 4.69) is 15.9 Å². The van der Waals surface area contributed by atoms with Gasteiger partial charge in [-0.25, -0.2) is 0 Å². The highest BCUT2D eigenvalue weighted by atomic mass is 79.9. The molecule has 2 aromatic rings. The third-order valence-electron chi connectivity index (χ3n) is 2.83. The molecular formula is C16H13BrO3. The van der Waals surface area contributed by atoms with Gasteiger partial charge in [0.2, 0.25) is 0 Å². The Labute approximate surface area is 125 Å². The molecule has 0 atom stereocenters. The molecule has 0 aliphatic heterocycles. The molecule has 0 saturated heterocycles. The molecule has 0 bridgehead atoms. The molecule has 0 spiro atoms. The predicted molar refractivity (Wildman–Crippen MR) is 81.9 cm³/mol. The number of phenolic OH excluding ortho intramolecular Hbond substituents is 1. The molecule has 3 nitrogen and oxygen atoms in total. The maximum Gasteiger partial charge on any atom is 0.193 e. The Bertz CT molecular complexity index is 673. The lowest BCUT2D eigenvalue weighted by molar-refractivity contribution is 0.104. The summed E-state index contributed by atoms with van der Waals surface area (Å²) in [7, 11) is 0. The van der Waals surface area contributed by atoms with E-state index in [1.54, 1.807) is 36.4 Å². The van der Waals surface area contributed by atoms with Gasteiger partial charge in [-0.05, 0) is 36.8 Å². The van der Waals surface area contributed by atoms with Crippen LogP contribution in [-0.2, 0) is 0 Å². The summed E-state index contributed by atoms with van der Waals surface area (Å²) in [5.74, 6) is -0.666. The molecule has 2 aromatic carbocycles. The zero-order chi connectivity index (χ0) is 14.7. The zero-order valence-electron chi connectivity index (χ0n) is 10.8. The molecule has 0 unspecified atom stereocenters. The van der Waals surface area contributed by atoms with Crippen LogP contribution in [0.5, 0.6) is 5.75 Å². The number of hydrogen-bond donors (Lipinski definition) is 2. The fourth-order valence-corrected chi connectivity index (χ4v) is 2.02. The van der Waals surface area contributed by atoms with Gasteiger partial charge in [0, 0.05) is 16.1 Å². The summed E-state index contributed by atoms with van der Waals surface area (Å²) in [6.07, 6.45) is 1.10. The lowest BCUT2D eigenvalue weighted by Crippen LogP contribution is -1.97. The van der Waals surface area contributed by atoms with Crippen LogP contribution in [0.15, 0.2) is 53.0 Å². The number of aliphatic hydroxyl groups excluding tert-OH is 1. The molecular weight excluding hydrogens is 320 g/mol. The van der Waals surface area contributed by atoms with Gasteiger partial charge in [-0.1, -0.05) is 34.1 Å². The lowest BCUT2D eigenvalue weighted by Gasteiger charge is -2.03. The second kappa shape index (κ2) is 5.92. The second-order valence-corrected chi connectivity index (χ2v) is 5.34. The SMILES string of the molecule is Cc1ccc(C(=O)C=C(O)c2ccc(Br)cc2)c(O)c1. The van der Waals surface area contributed by atoms with Crippen LogP contribution >= 0.6 is 15.9 Å². The minimum absolute atomic E-state index is 0.0881. The molecule has 0 fully saturated rings. The van der Waals surface area contributed by atoms with Crippen LogP contribution in [0, 0.1) is 6.92 Å². The molecule has 0 aliphatic rings. The lowest BCUT2D eigenvalue weighted by atomic mass is 10.1. The minimum Gasteiger partial charge on any atom is -0.507 e. The van der Waals surface area contributed by atoms with Crippen molar-refractivity contribution in [3.63, 3.8) is 0 Å². The number of ketones is 1. The van der Waals surface area contributed by atoms with Crippen molar-refractivity contribution in [2.45, 2.75) is 6.92 Å². The Hall–Kier alpha value is -2.07. The van der Waals surface area contributed by atoms with E-state index in [-0.39, 0.29) is 17.1 Å². The first-order valence-corrected chi connectivity index (χ1v) is 6.77. The van der Waals surface area contributed by atoms with Crippen LogP contribution in [0.4, 0.5) is 0 Å². The van der Waals surface area contributed by atoms with E-state index in [0.29, 0.717) is 5.56 Å². The first kappa shape index (κ1) is 14.3. The fourth-order valence-electron chi connectivity index (χ4n) is 1.76. The van der Waals surface area contributed by atoms with Crippen molar-refractivity contribution < 1.29 is 15.0 Å². The number of aromatic hydroxyl groups is 1. The normalized spacial score (nSPS) is 11.4. The van der Waals surface area contributed by atoms with Crippen molar-refractivity contribution in [1.29, 1.82) is 0 Å². The number of benzene rings is 2. The Morgan fingerprint density at radius 3 is 2.40 bits per heavy atom. The number of halogens is 1. The number of rotatable bonds is 3. The van der Waals surface area contributed by atoms with Gasteiger partial charge in [0.25, 0.3) is 0 Å². The van der Waals surface area contributed by atoms with Gasteiger partial charge in [-0.15, -0.1) is 0 Å². The predicted octanol–water partition coefficient (Wildman–Crippen LogP) is 4.24. The maximum absolute atomic E-state index is 12.0. The average molecular weight is 333 g/mol. The van der Waals surface area contributed by atoms with Crippen molar-refractivity contribution in [2.75, 3.05) is 0 Å². The van der Waals surface area contributed by atoms with Crippen LogP contribution in [0.2, 0.25) is 0 Å². The van der Waals surface area contributed by atoms with Gasteiger partial charge < -0.3 is 10.2 Å². The second-order valence-electron chi connectivity index (χ2n) is 4.42. The van der Waals surface area contributed by atoms with Gasteiger partial charge in [0.05, 0.1) is 5.56 Å². The number of phenols is 1. The van der Waals surface area contributed by atoms with Crippen molar-refractivity contribution in [3.8, 4) is 5.75 Å². The van der Waals surface area contributed by atoms with Gasteiger partial charge >= 0.3 is 0 Å². The highest BCUT2D eigenvalue weighted by Crippen LogP contribution is 2.21. The van der Waals surface area contributed by atoms with E-state index in [4.69, 9.17) is 0 Å². The van der Waals surface area contributed by atoms with Crippen LogP contribution < -0.4 is 0 Å². The van der Waals surface area contributed by atoms with Gasteiger partial charge in [0.15, 0.2) is 5.78 Å². The maximum atomic E-state index is 12.0. The Morgan fingerprint density at radius 1 is 1.15 bits per heavy atom. The number of allylic oxidation sites excluding steroid dienone is 1. The molecule has 2 rings (SSSR count). The number of aliphatic hydroxyl groups is 1. The minimum atomic E-state index is -0.442. The summed E-state index contributed by atoms with van der Waals surface area (Å²) in [5, 5.41) is 19.7. The van der Waals surface area contributed by atoms with Crippen LogP contribution in [0.3, 0.4) is 0 Å². The molecule has 0 saturated carbocycles. The number of aryl methyl sites for hydroxylation is 1. The summed E-state index contributed by atoms with van der Waals surface area (Å²) < 4.78 is 0.886. The molecule has 0 amide bonds. The molecule has 2 N–H and O–H groups in total. The molecule has 4 heteroatoms. The third kappa shape index (κ3) is 3.27. The summed E-state index contributed by atoms with van der Waals surface area (Å²) in [6.45, 7) is 1.82. The highest BCUT2D eigenvalue weighted by Gasteiger charge is 2.10. The molecule has 102 valence electrons. The van der Waals surface area contributed by atoms with Crippen LogP contribution in [0.1, 0.15) is 21.5 Å². The quantitative estimate of drug-likeness (QED) is 0.502. The standard InChI is InChI=1S/C16H13BrO3/c1-10-2-7-13(15(19)8-10)16(20)9-14(18)11-3-5-12(17)6-4-11/h2-9,18-19H,1H3. The molecule has 0 aliphatic carbocycles. The van der Waals surface area contributed by atoms with Crippen molar-refractivity contribution in [2.24, 2.45) is 0 Å². The Balaban J connectivity index is 2.29. The highest BCUT2D eigenvalue weighted by molar-refractivity contribution is 9.10. The first-order chi connectivity index (χ1) is 9.47. The van der Waals surface area contributed by atoms with E-state index in [1.807, 2.05) is 6.92 Å². The molecule has 0 aromatic heterocycles. The number of carbonyl (C=O) groups excluding carboxylic acids is 1. The van der Waals surface area contributed by atoms with E-state index < -0.39 is 5.78 Å². The smallest absolute Gasteiger partial charge is 0.193 e. The van der Waals surface area contributed by atoms with E-state index >= 15 is 0 Å². The Kier molecular flexibility index (Phi) is 4.25. The van der Waals surface area contributed by atoms with E-state index in [9.17, 15) is 15.0 Å². The number of hydrogen-bond acceptors (Lipinski definition) is 3. The average Bonchev–Trinajstić information content (AvgIpc) is 2.39. The largest absolute Gasteiger partial charge is 0.507 e. The van der Waals surface area contributed by atoms with Crippen LogP contribution in [0.25, 0.3) is 5.76 Å².